The van der Waals surface area contributed by atoms with E-state index in [4.69, 9.17) is 5.11 Å². The van der Waals surface area contributed by atoms with Gasteiger partial charge in [-0.3, -0.25) is 9.78 Å². The van der Waals surface area contributed by atoms with Crippen LogP contribution in [0.1, 0.15) is 45.2 Å². The molecule has 0 aliphatic carbocycles. The summed E-state index contributed by atoms with van der Waals surface area (Å²) in [6.45, 7) is 1.13. The molecule has 4 rings (SSSR count). The number of amides is 1. The van der Waals surface area contributed by atoms with Crippen LogP contribution in [-0.4, -0.2) is 44.9 Å². The van der Waals surface area contributed by atoms with Gasteiger partial charge in [0.25, 0.3) is 5.91 Å². The second-order valence-corrected chi connectivity index (χ2v) is 6.74. The van der Waals surface area contributed by atoms with E-state index < -0.39 is 5.97 Å². The highest BCUT2D eigenvalue weighted by molar-refractivity contribution is 5.95. The molecular weight excluding hydrogens is 349 g/mol. The summed E-state index contributed by atoms with van der Waals surface area (Å²) < 4.78 is 13.4. The molecule has 2 aromatic heterocycles. The number of H-pyrrole nitrogens is 1. The number of nitrogens with zero attached hydrogens (tertiary/aromatic N) is 2. The van der Waals surface area contributed by atoms with Gasteiger partial charge >= 0.3 is 5.97 Å². The minimum atomic E-state index is -1.08. The maximum Gasteiger partial charge on any atom is 0.335 e. The fourth-order valence-electron chi connectivity index (χ4n) is 3.69. The zero-order chi connectivity index (χ0) is 19.0. The summed E-state index contributed by atoms with van der Waals surface area (Å²) in [5.41, 5.74) is 2.12. The van der Waals surface area contributed by atoms with E-state index in [1.54, 1.807) is 11.0 Å². The van der Waals surface area contributed by atoms with Crippen molar-refractivity contribution in [1.82, 2.24) is 14.9 Å². The van der Waals surface area contributed by atoms with E-state index in [0.717, 1.165) is 29.3 Å². The smallest absolute Gasteiger partial charge is 0.335 e. The normalized spacial score (nSPS) is 15.2. The SMILES string of the molecule is O=C(O)c1ccnc(C(=O)N2CCC(c3c[nH]c4cc(F)ccc34)CC2)c1. The summed E-state index contributed by atoms with van der Waals surface area (Å²) >= 11 is 0. The van der Waals surface area contributed by atoms with E-state index in [-0.39, 0.29) is 28.9 Å². The van der Waals surface area contributed by atoms with E-state index >= 15 is 0 Å². The Kier molecular flexibility index (Phi) is 4.35. The minimum Gasteiger partial charge on any atom is -0.478 e. The Labute approximate surface area is 154 Å². The van der Waals surface area contributed by atoms with Gasteiger partial charge in [-0.1, -0.05) is 0 Å². The van der Waals surface area contributed by atoms with E-state index in [9.17, 15) is 14.0 Å². The predicted molar refractivity (Wildman–Crippen MR) is 97.3 cm³/mol. The van der Waals surface area contributed by atoms with E-state index in [1.807, 2.05) is 6.20 Å². The summed E-state index contributed by atoms with van der Waals surface area (Å²) in [7, 11) is 0. The number of aromatic amines is 1. The Morgan fingerprint density at radius 3 is 2.70 bits per heavy atom. The van der Waals surface area contributed by atoms with Crippen molar-refractivity contribution in [2.75, 3.05) is 13.1 Å². The number of carbonyl (C=O) groups excluding carboxylic acids is 1. The maximum atomic E-state index is 13.4. The van der Waals surface area contributed by atoms with Crippen LogP contribution >= 0.6 is 0 Å². The van der Waals surface area contributed by atoms with Crippen LogP contribution in [0.2, 0.25) is 0 Å². The van der Waals surface area contributed by atoms with Crippen LogP contribution < -0.4 is 0 Å². The van der Waals surface area contributed by atoms with Gasteiger partial charge in [0.1, 0.15) is 11.5 Å². The third kappa shape index (κ3) is 3.28. The molecule has 0 bridgehead atoms. The number of carboxylic acid groups (broad SMARTS) is 1. The Balaban J connectivity index is 1.47. The first-order valence-corrected chi connectivity index (χ1v) is 8.78. The number of pyridine rings is 1. The van der Waals surface area contributed by atoms with Gasteiger partial charge < -0.3 is 15.0 Å². The van der Waals surface area contributed by atoms with Crippen molar-refractivity contribution in [3.63, 3.8) is 0 Å². The highest BCUT2D eigenvalue weighted by Gasteiger charge is 2.27. The Morgan fingerprint density at radius 2 is 1.96 bits per heavy atom. The molecule has 1 fully saturated rings. The summed E-state index contributed by atoms with van der Waals surface area (Å²) in [6.07, 6.45) is 4.84. The number of fused-ring (bicyclic) bond motifs is 1. The Morgan fingerprint density at radius 1 is 1.19 bits per heavy atom. The zero-order valence-electron chi connectivity index (χ0n) is 14.5. The largest absolute Gasteiger partial charge is 0.478 e. The van der Waals surface area contributed by atoms with Gasteiger partial charge in [0.05, 0.1) is 5.56 Å². The van der Waals surface area contributed by atoms with E-state index in [2.05, 4.69) is 9.97 Å². The molecule has 0 saturated carbocycles. The van der Waals surface area contributed by atoms with Gasteiger partial charge in [0, 0.05) is 36.4 Å². The number of hydrogen-bond acceptors (Lipinski definition) is 3. The van der Waals surface area contributed by atoms with Crippen LogP contribution in [0.25, 0.3) is 10.9 Å². The number of piperidine rings is 1. The number of likely N-dealkylation sites (tertiary alicyclic amines) is 1. The number of aromatic nitrogens is 2. The molecule has 0 unspecified atom stereocenters. The van der Waals surface area contributed by atoms with E-state index in [1.165, 1.54) is 30.5 Å². The van der Waals surface area contributed by atoms with Gasteiger partial charge in [0.2, 0.25) is 0 Å². The number of aromatic carboxylic acids is 1. The first-order chi connectivity index (χ1) is 13.0. The molecule has 1 aliphatic heterocycles. The number of rotatable bonds is 3. The molecule has 1 aliphatic rings. The molecule has 27 heavy (non-hydrogen) atoms. The topological polar surface area (TPSA) is 86.3 Å². The van der Waals surface area contributed by atoms with Crippen LogP contribution in [-0.2, 0) is 0 Å². The maximum absolute atomic E-state index is 13.4. The molecule has 1 aromatic carbocycles. The predicted octanol–water partition coefficient (Wildman–Crippen LogP) is 3.42. The van der Waals surface area contributed by atoms with Crippen LogP contribution in [0, 0.1) is 5.82 Å². The molecule has 3 aromatic rings. The van der Waals surface area contributed by atoms with Crippen molar-refractivity contribution in [1.29, 1.82) is 0 Å². The van der Waals surface area contributed by atoms with Crippen molar-refractivity contribution >= 4 is 22.8 Å². The fraction of sp³-hybridized carbons (Fsp3) is 0.250. The molecule has 1 amide bonds. The molecular formula is C20H18FN3O3. The van der Waals surface area contributed by atoms with Crippen LogP contribution in [0.3, 0.4) is 0 Å². The zero-order valence-corrected chi connectivity index (χ0v) is 14.5. The van der Waals surface area contributed by atoms with Gasteiger partial charge in [-0.25, -0.2) is 9.18 Å². The number of carbonyl (C=O) groups is 2. The molecule has 1 saturated heterocycles. The molecule has 0 atom stereocenters. The van der Waals surface area contributed by atoms with Gasteiger partial charge in [-0.2, -0.15) is 0 Å². The van der Waals surface area contributed by atoms with Gasteiger partial charge in [0.15, 0.2) is 0 Å². The third-order valence-electron chi connectivity index (χ3n) is 5.12. The van der Waals surface area contributed by atoms with Crippen molar-refractivity contribution in [3.8, 4) is 0 Å². The molecule has 6 nitrogen and oxygen atoms in total. The second-order valence-electron chi connectivity index (χ2n) is 6.74. The van der Waals surface area contributed by atoms with Gasteiger partial charge in [-0.05, 0) is 54.7 Å². The summed E-state index contributed by atoms with van der Waals surface area (Å²) in [4.78, 5) is 32.6. The quantitative estimate of drug-likeness (QED) is 0.743. The standard InChI is InChI=1S/C20H18FN3O3/c21-14-1-2-15-16(11-23-17(15)10-14)12-4-7-24(8-5-12)19(25)18-9-13(20(26)27)3-6-22-18/h1-3,6,9-12,23H,4-5,7-8H2,(H,26,27). The van der Waals surface area contributed by atoms with E-state index in [0.29, 0.717) is 13.1 Å². The minimum absolute atomic E-state index is 0.0502. The van der Waals surface area contributed by atoms with Crippen molar-refractivity contribution in [2.45, 2.75) is 18.8 Å². The number of hydrogen-bond donors (Lipinski definition) is 2. The van der Waals surface area contributed by atoms with Crippen molar-refractivity contribution in [2.24, 2.45) is 0 Å². The van der Waals surface area contributed by atoms with Crippen molar-refractivity contribution < 1.29 is 19.1 Å². The highest BCUT2D eigenvalue weighted by Crippen LogP contribution is 2.33. The molecule has 0 spiro atoms. The molecule has 138 valence electrons. The number of benzene rings is 1. The molecule has 0 radical (unpaired) electrons. The Bertz CT molecular complexity index is 1020. The molecule has 7 heteroatoms. The summed E-state index contributed by atoms with van der Waals surface area (Å²) in [5.74, 6) is -1.32. The average molecular weight is 367 g/mol. The number of halogens is 1. The van der Waals surface area contributed by atoms with Crippen LogP contribution in [0.15, 0.2) is 42.7 Å². The van der Waals surface area contributed by atoms with Gasteiger partial charge in [-0.15, -0.1) is 0 Å². The van der Waals surface area contributed by atoms with Crippen molar-refractivity contribution in [3.05, 3.63) is 65.4 Å². The highest BCUT2D eigenvalue weighted by atomic mass is 19.1. The lowest BCUT2D eigenvalue weighted by molar-refractivity contribution is 0.0696. The first kappa shape index (κ1) is 17.2. The lowest BCUT2D eigenvalue weighted by Gasteiger charge is -2.31. The molecule has 3 heterocycles. The number of carboxylic acids is 1. The molecule has 2 N–H and O–H groups in total. The lowest BCUT2D eigenvalue weighted by Crippen LogP contribution is -2.38. The second kappa shape index (κ2) is 6.83. The average Bonchev–Trinajstić information content (AvgIpc) is 3.10. The lowest BCUT2D eigenvalue weighted by atomic mass is 9.89. The Hall–Kier alpha value is -3.22. The monoisotopic (exact) mass is 367 g/mol. The summed E-state index contributed by atoms with van der Waals surface area (Å²) in [6, 6.07) is 7.41. The summed E-state index contributed by atoms with van der Waals surface area (Å²) in [5, 5.41) is 10.1. The third-order valence-corrected chi connectivity index (χ3v) is 5.12. The van der Waals surface area contributed by atoms with Crippen LogP contribution in [0.5, 0.6) is 0 Å². The number of nitrogens with one attached hydrogen (secondary N) is 1. The van der Waals surface area contributed by atoms with Crippen LogP contribution in [0.4, 0.5) is 4.39 Å². The first-order valence-electron chi connectivity index (χ1n) is 8.78. The fourth-order valence-corrected chi connectivity index (χ4v) is 3.69.